The smallest absolute Gasteiger partial charge is 0.175 e. The molecule has 9 heteroatoms. The van der Waals surface area contributed by atoms with Crippen LogP contribution in [0.4, 0.5) is 5.69 Å². The summed E-state index contributed by atoms with van der Waals surface area (Å²) in [6.07, 6.45) is 1.20. The fourth-order valence-electron chi connectivity index (χ4n) is 4.25. The number of rotatable bonds is 10. The van der Waals surface area contributed by atoms with Crippen molar-refractivity contribution >= 4 is 42.5 Å². The second kappa shape index (κ2) is 11.2. The Balaban J connectivity index is 1.78. The highest BCUT2D eigenvalue weighted by atomic mass is 79.9. The van der Waals surface area contributed by atoms with Crippen molar-refractivity contribution < 1.29 is 17.9 Å². The number of nitrogens with zero attached hydrogens (tertiary/aromatic N) is 2. The fraction of sp³-hybridized carbons (Fsp3) is 0.321. The minimum absolute atomic E-state index is 0.273. The SMILES string of the molecule is COCCn1c(-c2ccc(C(C)C)cc2)nc2c(Br)c(CNc3cccc(S(C)(=O)=O)c3)cc(OC)c21. The number of methoxy groups -OCH3 is 2. The molecular weight excluding hydrogens is 554 g/mol. The van der Waals surface area contributed by atoms with E-state index in [4.69, 9.17) is 14.5 Å². The monoisotopic (exact) mass is 585 g/mol. The topological polar surface area (TPSA) is 82.5 Å². The zero-order valence-electron chi connectivity index (χ0n) is 21.7. The van der Waals surface area contributed by atoms with E-state index in [0.29, 0.717) is 37.1 Å². The van der Waals surface area contributed by atoms with Crippen LogP contribution in [0, 0.1) is 0 Å². The van der Waals surface area contributed by atoms with Gasteiger partial charge in [0.25, 0.3) is 0 Å². The lowest BCUT2D eigenvalue weighted by Gasteiger charge is -2.14. The second-order valence-electron chi connectivity index (χ2n) is 9.26. The Morgan fingerprint density at radius 3 is 2.43 bits per heavy atom. The number of imidazole rings is 1. The van der Waals surface area contributed by atoms with Crippen molar-refractivity contribution in [2.24, 2.45) is 0 Å². The maximum Gasteiger partial charge on any atom is 0.175 e. The third-order valence-corrected chi connectivity index (χ3v) is 8.31. The first-order valence-corrected chi connectivity index (χ1v) is 14.7. The van der Waals surface area contributed by atoms with E-state index in [9.17, 15) is 8.42 Å². The average Bonchev–Trinajstić information content (AvgIpc) is 3.27. The summed E-state index contributed by atoms with van der Waals surface area (Å²) in [5.74, 6) is 1.99. The maximum atomic E-state index is 12.0. The summed E-state index contributed by atoms with van der Waals surface area (Å²) in [6, 6.07) is 17.3. The third-order valence-electron chi connectivity index (χ3n) is 6.32. The van der Waals surface area contributed by atoms with Crippen LogP contribution in [0.5, 0.6) is 5.75 Å². The molecule has 7 nitrogen and oxygen atoms in total. The highest BCUT2D eigenvalue weighted by Gasteiger charge is 2.21. The molecule has 196 valence electrons. The van der Waals surface area contributed by atoms with Gasteiger partial charge < -0.3 is 19.4 Å². The molecule has 0 aliphatic heterocycles. The minimum atomic E-state index is -3.29. The lowest BCUT2D eigenvalue weighted by Crippen LogP contribution is -2.07. The maximum absolute atomic E-state index is 12.0. The Labute approximate surface area is 226 Å². The van der Waals surface area contributed by atoms with Crippen molar-refractivity contribution in [2.45, 2.75) is 37.8 Å². The van der Waals surface area contributed by atoms with Crippen LogP contribution in [-0.2, 0) is 27.7 Å². The van der Waals surface area contributed by atoms with E-state index in [1.807, 2.05) is 12.1 Å². The number of benzene rings is 3. The molecule has 1 heterocycles. The molecule has 0 atom stereocenters. The minimum Gasteiger partial charge on any atom is -0.494 e. The molecule has 0 aliphatic rings. The van der Waals surface area contributed by atoms with Crippen molar-refractivity contribution in [1.29, 1.82) is 0 Å². The molecule has 37 heavy (non-hydrogen) atoms. The summed E-state index contributed by atoms with van der Waals surface area (Å²) in [7, 11) is 0.0475. The van der Waals surface area contributed by atoms with Gasteiger partial charge in [-0.05, 0) is 57.2 Å². The summed E-state index contributed by atoms with van der Waals surface area (Å²) < 4.78 is 38.1. The van der Waals surface area contributed by atoms with Crippen molar-refractivity contribution in [3.63, 3.8) is 0 Å². The molecule has 1 N–H and O–H groups in total. The molecular formula is C28H32BrN3O4S. The lowest BCUT2D eigenvalue weighted by molar-refractivity contribution is 0.188. The van der Waals surface area contributed by atoms with Gasteiger partial charge in [-0.25, -0.2) is 13.4 Å². The van der Waals surface area contributed by atoms with E-state index < -0.39 is 9.84 Å². The van der Waals surface area contributed by atoms with Gasteiger partial charge in [-0.3, -0.25) is 0 Å². The quantitative estimate of drug-likeness (QED) is 0.236. The number of nitrogens with one attached hydrogen (secondary N) is 1. The van der Waals surface area contributed by atoms with E-state index in [0.717, 1.165) is 32.5 Å². The summed E-state index contributed by atoms with van der Waals surface area (Å²) in [6.45, 7) is 5.95. The van der Waals surface area contributed by atoms with Gasteiger partial charge in [-0.15, -0.1) is 0 Å². The van der Waals surface area contributed by atoms with Crippen LogP contribution in [0.15, 0.2) is 64.0 Å². The van der Waals surface area contributed by atoms with Crippen molar-refractivity contribution in [3.05, 3.63) is 70.2 Å². The Hall–Kier alpha value is -2.88. The van der Waals surface area contributed by atoms with Gasteiger partial charge in [0.2, 0.25) is 0 Å². The molecule has 0 unspecified atom stereocenters. The number of hydrogen-bond acceptors (Lipinski definition) is 6. The van der Waals surface area contributed by atoms with E-state index in [2.05, 4.69) is 63.9 Å². The Bertz CT molecular complexity index is 1510. The number of ether oxygens (including phenoxy) is 2. The first-order chi connectivity index (χ1) is 17.6. The molecule has 0 radical (unpaired) electrons. The summed E-state index contributed by atoms with van der Waals surface area (Å²) in [4.78, 5) is 5.33. The summed E-state index contributed by atoms with van der Waals surface area (Å²) >= 11 is 3.79. The lowest BCUT2D eigenvalue weighted by atomic mass is 10.0. The summed E-state index contributed by atoms with van der Waals surface area (Å²) in [5.41, 5.74) is 5.62. The van der Waals surface area contributed by atoms with Crippen molar-refractivity contribution in [2.75, 3.05) is 32.4 Å². The molecule has 4 rings (SSSR count). The van der Waals surface area contributed by atoms with Gasteiger partial charge in [-0.1, -0.05) is 44.2 Å². The Morgan fingerprint density at radius 1 is 1.08 bits per heavy atom. The van der Waals surface area contributed by atoms with Gasteiger partial charge in [0.05, 0.1) is 23.1 Å². The second-order valence-corrected chi connectivity index (χ2v) is 12.1. The van der Waals surface area contributed by atoms with Crippen LogP contribution in [0.25, 0.3) is 22.4 Å². The van der Waals surface area contributed by atoms with Crippen LogP contribution in [-0.4, -0.2) is 45.1 Å². The van der Waals surface area contributed by atoms with Crippen LogP contribution < -0.4 is 10.1 Å². The van der Waals surface area contributed by atoms with E-state index in [-0.39, 0.29) is 4.90 Å². The van der Waals surface area contributed by atoms with Crippen LogP contribution >= 0.6 is 15.9 Å². The first kappa shape index (κ1) is 27.2. The van der Waals surface area contributed by atoms with Crippen LogP contribution in [0.2, 0.25) is 0 Å². The molecule has 0 aliphatic carbocycles. The zero-order valence-corrected chi connectivity index (χ0v) is 24.1. The van der Waals surface area contributed by atoms with E-state index in [1.165, 1.54) is 11.8 Å². The molecule has 0 saturated carbocycles. The van der Waals surface area contributed by atoms with E-state index in [1.54, 1.807) is 32.4 Å². The van der Waals surface area contributed by atoms with Gasteiger partial charge >= 0.3 is 0 Å². The predicted molar refractivity (Wildman–Crippen MR) is 152 cm³/mol. The molecule has 0 spiro atoms. The molecule has 3 aromatic carbocycles. The number of sulfone groups is 1. The van der Waals surface area contributed by atoms with Gasteiger partial charge in [0.1, 0.15) is 22.6 Å². The Kier molecular flexibility index (Phi) is 8.26. The Morgan fingerprint density at radius 2 is 1.81 bits per heavy atom. The number of aromatic nitrogens is 2. The zero-order chi connectivity index (χ0) is 26.7. The molecule has 4 aromatic rings. The number of anilines is 1. The third kappa shape index (κ3) is 5.84. The molecule has 0 bridgehead atoms. The molecule has 0 fully saturated rings. The van der Waals surface area contributed by atoms with Crippen LogP contribution in [0.1, 0.15) is 30.9 Å². The van der Waals surface area contributed by atoms with Gasteiger partial charge in [0.15, 0.2) is 9.84 Å². The number of halogens is 1. The largest absolute Gasteiger partial charge is 0.494 e. The average molecular weight is 587 g/mol. The van der Waals surface area contributed by atoms with Gasteiger partial charge in [-0.2, -0.15) is 0 Å². The summed E-state index contributed by atoms with van der Waals surface area (Å²) in [5, 5.41) is 3.33. The highest BCUT2D eigenvalue weighted by Crippen LogP contribution is 2.38. The van der Waals surface area contributed by atoms with Crippen molar-refractivity contribution in [3.8, 4) is 17.1 Å². The first-order valence-electron chi connectivity index (χ1n) is 12.0. The number of fused-ring (bicyclic) bond motifs is 1. The molecule has 1 aromatic heterocycles. The normalized spacial score (nSPS) is 11.9. The molecule has 0 amide bonds. The van der Waals surface area contributed by atoms with Gasteiger partial charge in [0, 0.05) is 37.7 Å². The fourth-order valence-corrected chi connectivity index (χ4v) is 5.45. The molecule has 0 saturated heterocycles. The van der Waals surface area contributed by atoms with Crippen molar-refractivity contribution in [1.82, 2.24) is 9.55 Å². The van der Waals surface area contributed by atoms with Crippen LogP contribution in [0.3, 0.4) is 0 Å². The highest BCUT2D eigenvalue weighted by molar-refractivity contribution is 9.10. The predicted octanol–water partition coefficient (Wildman–Crippen LogP) is 6.26. The number of hydrogen-bond donors (Lipinski definition) is 1. The van der Waals surface area contributed by atoms with E-state index >= 15 is 0 Å². The standard InChI is InChI=1S/C28H32BrN3O4S/c1-18(2)19-9-11-20(12-10-19)28-31-26-25(29)21(15-24(36-4)27(26)32(28)13-14-35-3)17-30-22-7-6-8-23(16-22)37(5,33)34/h6-12,15-16,18,30H,13-14,17H2,1-5H3.